The van der Waals surface area contributed by atoms with Crippen molar-refractivity contribution >= 4 is 11.7 Å². The maximum Gasteiger partial charge on any atom is 0.328 e. The van der Waals surface area contributed by atoms with Crippen LogP contribution in [0.3, 0.4) is 0 Å². The Morgan fingerprint density at radius 1 is 1.24 bits per heavy atom. The lowest BCUT2D eigenvalue weighted by Crippen LogP contribution is -2.30. The van der Waals surface area contributed by atoms with E-state index in [1.165, 1.54) is 32.1 Å². The average molecular weight is 289 g/mol. The van der Waals surface area contributed by atoms with Crippen LogP contribution in [0.2, 0.25) is 0 Å². The van der Waals surface area contributed by atoms with Crippen LogP contribution >= 0.6 is 0 Å². The van der Waals surface area contributed by atoms with Crippen molar-refractivity contribution in [1.82, 2.24) is 0 Å². The molecule has 21 heavy (non-hydrogen) atoms. The summed E-state index contributed by atoms with van der Waals surface area (Å²) in [4.78, 5) is 12.1. The molecule has 0 heterocycles. The van der Waals surface area contributed by atoms with Gasteiger partial charge in [0.2, 0.25) is 0 Å². The zero-order valence-electron chi connectivity index (χ0n) is 13.4. The van der Waals surface area contributed by atoms with E-state index in [0.717, 1.165) is 16.8 Å². The maximum atomic E-state index is 12.1. The molecule has 0 bridgehead atoms. The van der Waals surface area contributed by atoms with Crippen molar-refractivity contribution in [2.24, 2.45) is 5.92 Å². The third kappa shape index (κ3) is 4.48. The number of aryl methyl sites for hydroxylation is 2. The van der Waals surface area contributed by atoms with Gasteiger partial charge in [-0.2, -0.15) is 0 Å². The highest BCUT2D eigenvalue weighted by Gasteiger charge is 2.19. The smallest absolute Gasteiger partial charge is 0.328 e. The van der Waals surface area contributed by atoms with Crippen LogP contribution in [0.15, 0.2) is 18.2 Å². The number of para-hydroxylation sites is 1. The molecule has 0 saturated heterocycles. The molecule has 0 spiro atoms. The number of ether oxygens (including phenoxy) is 1. The van der Waals surface area contributed by atoms with Gasteiger partial charge in [0, 0.05) is 5.69 Å². The summed E-state index contributed by atoms with van der Waals surface area (Å²) in [5.41, 5.74) is 3.35. The van der Waals surface area contributed by atoms with Crippen molar-refractivity contribution in [2.45, 2.75) is 58.9 Å². The fraction of sp³-hybridized carbons (Fsp3) is 0.611. The summed E-state index contributed by atoms with van der Waals surface area (Å²) in [5.74, 6) is 0.415. The Morgan fingerprint density at radius 2 is 1.86 bits per heavy atom. The third-order valence-corrected chi connectivity index (χ3v) is 4.38. The number of rotatable bonds is 5. The van der Waals surface area contributed by atoms with E-state index in [-0.39, 0.29) is 12.0 Å². The molecule has 1 atom stereocenters. The van der Waals surface area contributed by atoms with Crippen LogP contribution in [0.25, 0.3) is 0 Å². The molecule has 0 amide bonds. The monoisotopic (exact) mass is 289 g/mol. The van der Waals surface area contributed by atoms with E-state index in [9.17, 15) is 4.79 Å². The van der Waals surface area contributed by atoms with Gasteiger partial charge in [0.1, 0.15) is 6.04 Å². The zero-order valence-corrected chi connectivity index (χ0v) is 13.4. The van der Waals surface area contributed by atoms with Crippen molar-refractivity contribution in [3.05, 3.63) is 29.3 Å². The molecule has 116 valence electrons. The van der Waals surface area contributed by atoms with Crippen LogP contribution in [0.4, 0.5) is 5.69 Å². The number of carbonyl (C=O) groups is 1. The minimum atomic E-state index is -0.312. The first-order chi connectivity index (χ1) is 10.1. The number of anilines is 1. The molecule has 3 heteroatoms. The molecule has 1 fully saturated rings. The molecular weight excluding hydrogens is 262 g/mol. The highest BCUT2D eigenvalue weighted by atomic mass is 16.5. The molecule has 0 unspecified atom stereocenters. The summed E-state index contributed by atoms with van der Waals surface area (Å²) < 4.78 is 5.49. The van der Waals surface area contributed by atoms with Gasteiger partial charge in [-0.25, -0.2) is 4.79 Å². The molecule has 2 rings (SSSR count). The van der Waals surface area contributed by atoms with Crippen LogP contribution in [0.5, 0.6) is 0 Å². The van der Waals surface area contributed by atoms with Crippen molar-refractivity contribution in [2.75, 3.05) is 11.9 Å². The lowest BCUT2D eigenvalue weighted by Gasteiger charge is -2.23. The van der Waals surface area contributed by atoms with Crippen LogP contribution in [-0.2, 0) is 9.53 Å². The van der Waals surface area contributed by atoms with Crippen LogP contribution in [0, 0.1) is 19.8 Å². The summed E-state index contributed by atoms with van der Waals surface area (Å²) in [6.07, 6.45) is 6.28. The lowest BCUT2D eigenvalue weighted by atomic mass is 9.90. The van der Waals surface area contributed by atoms with Crippen LogP contribution in [-0.4, -0.2) is 18.6 Å². The molecule has 0 radical (unpaired) electrons. The van der Waals surface area contributed by atoms with Gasteiger partial charge in [0.25, 0.3) is 0 Å². The van der Waals surface area contributed by atoms with Gasteiger partial charge in [-0.05, 0) is 50.7 Å². The zero-order chi connectivity index (χ0) is 15.2. The molecule has 0 aromatic heterocycles. The van der Waals surface area contributed by atoms with Gasteiger partial charge in [-0.3, -0.25) is 0 Å². The molecule has 1 aliphatic rings. The first-order valence-electron chi connectivity index (χ1n) is 8.07. The molecule has 0 aliphatic heterocycles. The Bertz CT molecular complexity index is 458. The van der Waals surface area contributed by atoms with E-state index in [2.05, 4.69) is 31.3 Å². The topological polar surface area (TPSA) is 38.3 Å². The predicted molar refractivity (Wildman–Crippen MR) is 86.5 cm³/mol. The molecule has 1 N–H and O–H groups in total. The average Bonchev–Trinajstić information content (AvgIpc) is 2.49. The van der Waals surface area contributed by atoms with E-state index < -0.39 is 0 Å². The number of benzene rings is 1. The number of nitrogens with one attached hydrogen (secondary N) is 1. The molecule has 1 aliphatic carbocycles. The summed E-state index contributed by atoms with van der Waals surface area (Å²) in [6, 6.07) is 5.82. The second kappa shape index (κ2) is 7.48. The summed E-state index contributed by atoms with van der Waals surface area (Å²) in [7, 11) is 0. The Morgan fingerprint density at radius 3 is 2.48 bits per heavy atom. The normalized spacial score (nSPS) is 17.3. The van der Waals surface area contributed by atoms with Crippen LogP contribution < -0.4 is 5.32 Å². The Kier molecular flexibility index (Phi) is 5.66. The van der Waals surface area contributed by atoms with E-state index in [1.807, 2.05) is 13.0 Å². The van der Waals surface area contributed by atoms with Gasteiger partial charge < -0.3 is 10.1 Å². The Hall–Kier alpha value is -1.51. The largest absolute Gasteiger partial charge is 0.464 e. The number of carbonyl (C=O) groups excluding carboxylic acids is 1. The summed E-state index contributed by atoms with van der Waals surface area (Å²) >= 11 is 0. The molecule has 3 nitrogen and oxygen atoms in total. The van der Waals surface area contributed by atoms with Crippen LogP contribution in [0.1, 0.15) is 50.2 Å². The van der Waals surface area contributed by atoms with Crippen molar-refractivity contribution < 1.29 is 9.53 Å². The fourth-order valence-corrected chi connectivity index (χ4v) is 3.00. The second-order valence-corrected chi connectivity index (χ2v) is 6.27. The van der Waals surface area contributed by atoms with Gasteiger partial charge in [0.05, 0.1) is 6.61 Å². The quantitative estimate of drug-likeness (QED) is 0.824. The first kappa shape index (κ1) is 15.9. The van der Waals surface area contributed by atoms with Gasteiger partial charge in [-0.1, -0.05) is 37.5 Å². The van der Waals surface area contributed by atoms with E-state index in [4.69, 9.17) is 4.74 Å². The minimum Gasteiger partial charge on any atom is -0.464 e. The summed E-state index contributed by atoms with van der Waals surface area (Å²) in [6.45, 7) is 6.55. The highest BCUT2D eigenvalue weighted by molar-refractivity contribution is 5.79. The molecule has 1 aromatic rings. The van der Waals surface area contributed by atoms with Gasteiger partial charge in [-0.15, -0.1) is 0 Å². The van der Waals surface area contributed by atoms with Gasteiger partial charge >= 0.3 is 5.97 Å². The lowest BCUT2D eigenvalue weighted by molar-refractivity contribution is -0.145. The number of esters is 1. The molecule has 1 aromatic carbocycles. The van der Waals surface area contributed by atoms with E-state index in [1.54, 1.807) is 0 Å². The SMILES string of the molecule is Cc1cccc(C)c1N[C@@H](C)C(=O)OCC1CCCCC1. The van der Waals surface area contributed by atoms with E-state index >= 15 is 0 Å². The molecule has 1 saturated carbocycles. The fourth-order valence-electron chi connectivity index (χ4n) is 3.00. The Balaban J connectivity index is 1.84. The first-order valence-corrected chi connectivity index (χ1v) is 8.07. The standard InChI is InChI=1S/C18H27NO2/c1-13-8-7-9-14(2)17(13)19-15(3)18(20)21-12-16-10-5-4-6-11-16/h7-9,15-16,19H,4-6,10-12H2,1-3H3/t15-/m0/s1. The number of hydrogen-bond acceptors (Lipinski definition) is 3. The van der Waals surface area contributed by atoms with E-state index in [0.29, 0.717) is 12.5 Å². The summed E-state index contributed by atoms with van der Waals surface area (Å²) in [5, 5.41) is 3.29. The third-order valence-electron chi connectivity index (χ3n) is 4.38. The highest BCUT2D eigenvalue weighted by Crippen LogP contribution is 2.24. The predicted octanol–water partition coefficient (Wildman–Crippen LogP) is 4.23. The van der Waals surface area contributed by atoms with Gasteiger partial charge in [0.15, 0.2) is 0 Å². The van der Waals surface area contributed by atoms with Crippen molar-refractivity contribution in [1.29, 1.82) is 0 Å². The second-order valence-electron chi connectivity index (χ2n) is 6.27. The van der Waals surface area contributed by atoms with Crippen molar-refractivity contribution in [3.63, 3.8) is 0 Å². The minimum absolute atomic E-state index is 0.150. The Labute approximate surface area is 128 Å². The van der Waals surface area contributed by atoms with Crippen molar-refractivity contribution in [3.8, 4) is 0 Å². The molecular formula is C18H27NO2. The number of hydrogen-bond donors (Lipinski definition) is 1. The maximum absolute atomic E-state index is 12.1.